The van der Waals surface area contributed by atoms with Crippen molar-refractivity contribution in [1.82, 2.24) is 5.32 Å². The topological polar surface area (TPSA) is 55.4 Å². The van der Waals surface area contributed by atoms with Gasteiger partial charge in [0.1, 0.15) is 6.04 Å². The average molecular weight is 215 g/mol. The Labute approximate surface area is 91.4 Å². The summed E-state index contributed by atoms with van der Waals surface area (Å²) in [6.45, 7) is 3.54. The van der Waals surface area contributed by atoms with Crippen molar-refractivity contribution in [3.8, 4) is 0 Å². The Hall–Kier alpha value is -1.06. The van der Waals surface area contributed by atoms with Crippen LogP contribution in [0.3, 0.4) is 0 Å². The van der Waals surface area contributed by atoms with Crippen LogP contribution in [-0.4, -0.2) is 25.0 Å². The summed E-state index contributed by atoms with van der Waals surface area (Å²) < 4.78 is 4.62. The molecule has 15 heavy (non-hydrogen) atoms. The smallest absolute Gasteiger partial charge is 0.328 e. The number of carbonyl (C=O) groups is 2. The number of amides is 1. The average Bonchev–Trinajstić information content (AvgIpc) is 2.21. The Kier molecular flexibility index (Phi) is 7.68. The number of esters is 1. The lowest BCUT2D eigenvalue weighted by atomic mass is 10.1. The standard InChI is InChI=1S/C11H21NO3/c1-4-5-6-7-8-10(11(14)15-3)12-9(2)13/h10H,4-8H2,1-3H3,(H,12,13)/t10-/m0/s1. The summed E-state index contributed by atoms with van der Waals surface area (Å²) in [7, 11) is 1.34. The first-order valence-corrected chi connectivity index (χ1v) is 5.46. The van der Waals surface area contributed by atoms with Gasteiger partial charge in [0.2, 0.25) is 5.91 Å². The van der Waals surface area contributed by atoms with Crippen molar-refractivity contribution in [2.75, 3.05) is 7.11 Å². The molecule has 0 aromatic rings. The van der Waals surface area contributed by atoms with E-state index in [1.54, 1.807) is 0 Å². The van der Waals surface area contributed by atoms with Gasteiger partial charge in [-0.2, -0.15) is 0 Å². The highest BCUT2D eigenvalue weighted by Gasteiger charge is 2.18. The predicted octanol–water partition coefficient (Wildman–Crippen LogP) is 1.63. The van der Waals surface area contributed by atoms with Crippen LogP contribution in [0.15, 0.2) is 0 Å². The monoisotopic (exact) mass is 215 g/mol. The SMILES string of the molecule is CCCCCC[C@H](NC(C)=O)C(=O)OC. The Morgan fingerprint density at radius 3 is 2.40 bits per heavy atom. The molecule has 0 saturated carbocycles. The summed E-state index contributed by atoms with van der Waals surface area (Å²) in [4.78, 5) is 22.1. The van der Waals surface area contributed by atoms with E-state index in [1.807, 2.05) is 0 Å². The maximum absolute atomic E-state index is 11.3. The van der Waals surface area contributed by atoms with Gasteiger partial charge in [0.25, 0.3) is 0 Å². The molecule has 0 unspecified atom stereocenters. The molecule has 0 radical (unpaired) electrons. The first-order chi connectivity index (χ1) is 7.11. The number of hydrogen-bond acceptors (Lipinski definition) is 3. The highest BCUT2D eigenvalue weighted by Crippen LogP contribution is 2.06. The van der Waals surface area contributed by atoms with E-state index < -0.39 is 6.04 Å². The molecule has 4 nitrogen and oxygen atoms in total. The molecule has 0 spiro atoms. The van der Waals surface area contributed by atoms with E-state index in [0.29, 0.717) is 6.42 Å². The molecule has 4 heteroatoms. The largest absolute Gasteiger partial charge is 0.467 e. The first kappa shape index (κ1) is 13.9. The molecular formula is C11H21NO3. The molecule has 0 saturated heterocycles. The van der Waals surface area contributed by atoms with Gasteiger partial charge in [0.15, 0.2) is 0 Å². The van der Waals surface area contributed by atoms with E-state index in [2.05, 4.69) is 17.0 Å². The summed E-state index contributed by atoms with van der Waals surface area (Å²) in [6.07, 6.45) is 5.00. The molecule has 0 fully saturated rings. The lowest BCUT2D eigenvalue weighted by Crippen LogP contribution is -2.40. The van der Waals surface area contributed by atoms with E-state index in [4.69, 9.17) is 0 Å². The summed E-state index contributed by atoms with van der Waals surface area (Å²) in [5.74, 6) is -0.553. The van der Waals surface area contributed by atoms with Crippen molar-refractivity contribution in [1.29, 1.82) is 0 Å². The van der Waals surface area contributed by atoms with Crippen molar-refractivity contribution in [2.45, 2.75) is 52.0 Å². The molecule has 88 valence electrons. The molecule has 0 aromatic heterocycles. The number of ether oxygens (including phenoxy) is 1. The van der Waals surface area contributed by atoms with Gasteiger partial charge >= 0.3 is 5.97 Å². The zero-order valence-electron chi connectivity index (χ0n) is 9.84. The van der Waals surface area contributed by atoms with Crippen LogP contribution in [0.25, 0.3) is 0 Å². The fourth-order valence-corrected chi connectivity index (χ4v) is 1.41. The van der Waals surface area contributed by atoms with Crippen LogP contribution in [0.1, 0.15) is 46.0 Å². The first-order valence-electron chi connectivity index (χ1n) is 5.46. The number of hydrogen-bond donors (Lipinski definition) is 1. The molecule has 1 N–H and O–H groups in total. The fraction of sp³-hybridized carbons (Fsp3) is 0.818. The zero-order valence-corrected chi connectivity index (χ0v) is 9.84. The Bertz CT molecular complexity index is 204. The number of unbranched alkanes of at least 4 members (excludes halogenated alkanes) is 3. The molecule has 0 rings (SSSR count). The molecule has 1 amide bonds. The maximum atomic E-state index is 11.3. The molecule has 0 bridgehead atoms. The van der Waals surface area contributed by atoms with E-state index >= 15 is 0 Å². The van der Waals surface area contributed by atoms with Crippen LogP contribution in [0.2, 0.25) is 0 Å². The third-order valence-electron chi connectivity index (χ3n) is 2.21. The lowest BCUT2D eigenvalue weighted by molar-refractivity contribution is -0.145. The predicted molar refractivity (Wildman–Crippen MR) is 58.4 cm³/mol. The van der Waals surface area contributed by atoms with Crippen molar-refractivity contribution in [3.05, 3.63) is 0 Å². The van der Waals surface area contributed by atoms with Gasteiger partial charge in [-0.05, 0) is 6.42 Å². The zero-order chi connectivity index (χ0) is 11.7. The highest BCUT2D eigenvalue weighted by molar-refractivity contribution is 5.83. The van der Waals surface area contributed by atoms with E-state index in [-0.39, 0.29) is 11.9 Å². The summed E-state index contributed by atoms with van der Waals surface area (Å²) in [5.41, 5.74) is 0. The summed E-state index contributed by atoms with van der Waals surface area (Å²) >= 11 is 0. The molecule has 0 heterocycles. The number of carbonyl (C=O) groups excluding carboxylic acids is 2. The van der Waals surface area contributed by atoms with Gasteiger partial charge in [-0.3, -0.25) is 4.79 Å². The van der Waals surface area contributed by atoms with Gasteiger partial charge in [-0.15, -0.1) is 0 Å². The van der Waals surface area contributed by atoms with Crippen LogP contribution in [0.4, 0.5) is 0 Å². The summed E-state index contributed by atoms with van der Waals surface area (Å²) in [6, 6.07) is -0.482. The van der Waals surface area contributed by atoms with Crippen LogP contribution in [0, 0.1) is 0 Å². The minimum Gasteiger partial charge on any atom is -0.467 e. The highest BCUT2D eigenvalue weighted by atomic mass is 16.5. The van der Waals surface area contributed by atoms with Crippen LogP contribution < -0.4 is 5.32 Å². The van der Waals surface area contributed by atoms with E-state index in [9.17, 15) is 9.59 Å². The second-order valence-corrected chi connectivity index (χ2v) is 3.63. The summed E-state index contributed by atoms with van der Waals surface area (Å²) in [5, 5.41) is 2.59. The van der Waals surface area contributed by atoms with Gasteiger partial charge in [-0.1, -0.05) is 32.6 Å². The second kappa shape index (κ2) is 8.26. The third-order valence-corrected chi connectivity index (χ3v) is 2.21. The van der Waals surface area contributed by atoms with Gasteiger partial charge in [0.05, 0.1) is 7.11 Å². The number of methoxy groups -OCH3 is 1. The molecular weight excluding hydrogens is 194 g/mol. The molecule has 1 atom stereocenters. The Balaban J connectivity index is 3.90. The van der Waals surface area contributed by atoms with Crippen molar-refractivity contribution in [3.63, 3.8) is 0 Å². The van der Waals surface area contributed by atoms with E-state index in [0.717, 1.165) is 25.7 Å². The van der Waals surface area contributed by atoms with Gasteiger partial charge in [0, 0.05) is 6.92 Å². The fourth-order valence-electron chi connectivity index (χ4n) is 1.41. The normalized spacial score (nSPS) is 11.9. The number of rotatable bonds is 7. The van der Waals surface area contributed by atoms with Crippen LogP contribution in [0.5, 0.6) is 0 Å². The molecule has 0 aliphatic carbocycles. The van der Waals surface area contributed by atoms with Crippen molar-refractivity contribution in [2.24, 2.45) is 0 Å². The van der Waals surface area contributed by atoms with Gasteiger partial charge < -0.3 is 10.1 Å². The minimum atomic E-state index is -0.482. The van der Waals surface area contributed by atoms with E-state index in [1.165, 1.54) is 14.0 Å². The van der Waals surface area contributed by atoms with Crippen LogP contribution >= 0.6 is 0 Å². The lowest BCUT2D eigenvalue weighted by Gasteiger charge is -2.14. The molecule has 0 aliphatic rings. The molecule has 0 aromatic carbocycles. The third kappa shape index (κ3) is 6.94. The second-order valence-electron chi connectivity index (χ2n) is 3.63. The maximum Gasteiger partial charge on any atom is 0.328 e. The van der Waals surface area contributed by atoms with Gasteiger partial charge in [-0.25, -0.2) is 4.79 Å². The minimum absolute atomic E-state index is 0.194. The van der Waals surface area contributed by atoms with Crippen LogP contribution in [-0.2, 0) is 14.3 Å². The Morgan fingerprint density at radius 1 is 1.27 bits per heavy atom. The van der Waals surface area contributed by atoms with Crippen molar-refractivity contribution < 1.29 is 14.3 Å². The molecule has 0 aliphatic heterocycles. The van der Waals surface area contributed by atoms with Crippen molar-refractivity contribution >= 4 is 11.9 Å². The Morgan fingerprint density at radius 2 is 1.93 bits per heavy atom. The number of nitrogens with one attached hydrogen (secondary N) is 1. The quantitative estimate of drug-likeness (QED) is 0.519.